The van der Waals surface area contributed by atoms with E-state index >= 15 is 0 Å². The number of nitrogen functional groups attached to an aromatic ring is 1. The van der Waals surface area contributed by atoms with Crippen LogP contribution in [-0.2, 0) is 0 Å². The molecule has 2 aromatic rings. The van der Waals surface area contributed by atoms with Gasteiger partial charge in [-0.15, -0.1) is 0 Å². The molecular weight excluding hydrogens is 244 g/mol. The van der Waals surface area contributed by atoms with Crippen LogP contribution < -0.4 is 5.73 Å². The number of nitrogens with two attached hydrogens (primary N) is 1. The normalized spacial score (nSPS) is 10.8. The average molecular weight is 248 g/mol. The van der Waals surface area contributed by atoms with Gasteiger partial charge in [-0.3, -0.25) is 0 Å². The Morgan fingerprint density at radius 3 is 2.36 bits per heavy atom. The maximum absolute atomic E-state index is 5.82. The fourth-order valence-corrected chi connectivity index (χ4v) is 1.62. The second kappa shape index (κ2) is 3.42. The second-order valence-corrected chi connectivity index (χ2v) is 3.81. The van der Waals surface area contributed by atoms with Crippen LogP contribution >= 0.6 is 34.8 Å². The van der Waals surface area contributed by atoms with E-state index in [1.807, 2.05) is 0 Å². The van der Waals surface area contributed by atoms with Crippen molar-refractivity contribution in [2.24, 2.45) is 0 Å². The van der Waals surface area contributed by atoms with Gasteiger partial charge in [-0.25, -0.2) is 9.97 Å². The van der Waals surface area contributed by atoms with Crippen molar-refractivity contribution in [1.29, 1.82) is 0 Å². The van der Waals surface area contributed by atoms with Gasteiger partial charge in [0.2, 0.25) is 5.28 Å². The minimum atomic E-state index is 0.0911. The molecule has 72 valence electrons. The lowest BCUT2D eigenvalue weighted by Crippen LogP contribution is -1.94. The molecule has 0 fully saturated rings. The van der Waals surface area contributed by atoms with Gasteiger partial charge in [0.25, 0.3) is 0 Å². The third-order valence-electron chi connectivity index (χ3n) is 1.74. The third kappa shape index (κ3) is 1.59. The van der Waals surface area contributed by atoms with Gasteiger partial charge in [-0.05, 0) is 23.7 Å². The monoisotopic (exact) mass is 247 g/mol. The molecule has 0 spiro atoms. The lowest BCUT2D eigenvalue weighted by Gasteiger charge is -2.03. The zero-order valence-corrected chi connectivity index (χ0v) is 9.03. The van der Waals surface area contributed by atoms with Crippen molar-refractivity contribution in [3.63, 3.8) is 0 Å². The molecule has 3 nitrogen and oxygen atoms in total. The van der Waals surface area contributed by atoms with E-state index in [0.29, 0.717) is 26.8 Å². The van der Waals surface area contributed by atoms with Crippen LogP contribution in [0.5, 0.6) is 0 Å². The van der Waals surface area contributed by atoms with E-state index in [9.17, 15) is 0 Å². The van der Waals surface area contributed by atoms with Crippen LogP contribution in [0.1, 0.15) is 0 Å². The number of hydrogen-bond donors (Lipinski definition) is 1. The molecule has 0 atom stereocenters. The first-order valence-corrected chi connectivity index (χ1v) is 4.79. The van der Waals surface area contributed by atoms with Gasteiger partial charge in [-0.1, -0.05) is 23.2 Å². The lowest BCUT2D eigenvalue weighted by atomic mass is 10.2. The molecule has 0 bridgehead atoms. The molecule has 0 radical (unpaired) electrons. The minimum Gasteiger partial charge on any atom is -0.383 e. The van der Waals surface area contributed by atoms with Gasteiger partial charge in [0, 0.05) is 5.39 Å². The smallest absolute Gasteiger partial charge is 0.224 e. The number of aromatic nitrogens is 2. The summed E-state index contributed by atoms with van der Waals surface area (Å²) in [5.74, 6) is 0.290. The maximum Gasteiger partial charge on any atom is 0.224 e. The first-order valence-electron chi connectivity index (χ1n) is 3.65. The van der Waals surface area contributed by atoms with Crippen molar-refractivity contribution in [3.8, 4) is 0 Å². The fourth-order valence-electron chi connectivity index (χ4n) is 1.12. The van der Waals surface area contributed by atoms with Crippen molar-refractivity contribution in [1.82, 2.24) is 9.97 Å². The molecule has 2 N–H and O–H groups in total. The molecular formula is C8H4Cl3N3. The Labute approximate surface area is 94.8 Å². The molecule has 0 aliphatic carbocycles. The SMILES string of the molecule is Nc1nc(Cl)nc2cc(Cl)c(Cl)cc12. The van der Waals surface area contributed by atoms with E-state index in [-0.39, 0.29) is 5.28 Å². The molecule has 0 unspecified atom stereocenters. The quantitative estimate of drug-likeness (QED) is 0.729. The second-order valence-electron chi connectivity index (χ2n) is 2.66. The first-order chi connectivity index (χ1) is 6.58. The zero-order valence-electron chi connectivity index (χ0n) is 6.76. The summed E-state index contributed by atoms with van der Waals surface area (Å²) in [5.41, 5.74) is 6.22. The van der Waals surface area contributed by atoms with Gasteiger partial charge in [0.05, 0.1) is 15.6 Å². The van der Waals surface area contributed by atoms with E-state index < -0.39 is 0 Å². The van der Waals surface area contributed by atoms with E-state index in [4.69, 9.17) is 40.5 Å². The molecule has 0 saturated heterocycles. The summed E-state index contributed by atoms with van der Waals surface area (Å²) < 4.78 is 0. The third-order valence-corrected chi connectivity index (χ3v) is 2.63. The molecule has 2 rings (SSSR count). The largest absolute Gasteiger partial charge is 0.383 e. The van der Waals surface area contributed by atoms with E-state index in [2.05, 4.69) is 9.97 Å². The number of benzene rings is 1. The average Bonchev–Trinajstić information content (AvgIpc) is 2.08. The molecule has 1 aromatic carbocycles. The summed E-state index contributed by atoms with van der Waals surface area (Å²) in [4.78, 5) is 7.77. The molecule has 0 saturated carbocycles. The maximum atomic E-state index is 5.82. The number of nitrogens with zero attached hydrogens (tertiary/aromatic N) is 2. The van der Waals surface area contributed by atoms with Crippen molar-refractivity contribution in [2.75, 3.05) is 5.73 Å². The number of rotatable bonds is 0. The lowest BCUT2D eigenvalue weighted by molar-refractivity contribution is 1.23. The van der Waals surface area contributed by atoms with Crippen molar-refractivity contribution < 1.29 is 0 Å². The van der Waals surface area contributed by atoms with Crippen LogP contribution in [0.25, 0.3) is 10.9 Å². The van der Waals surface area contributed by atoms with Crippen LogP contribution in [-0.4, -0.2) is 9.97 Å². The molecule has 1 aromatic heterocycles. The van der Waals surface area contributed by atoms with E-state index in [0.717, 1.165) is 0 Å². The molecule has 6 heteroatoms. The van der Waals surface area contributed by atoms with Crippen LogP contribution in [0.4, 0.5) is 5.82 Å². The Kier molecular flexibility index (Phi) is 2.39. The summed E-state index contributed by atoms with van der Waals surface area (Å²) in [7, 11) is 0. The molecule has 0 aliphatic rings. The number of halogens is 3. The molecule has 0 aliphatic heterocycles. The van der Waals surface area contributed by atoms with Gasteiger partial charge in [0.15, 0.2) is 0 Å². The predicted octanol–water partition coefficient (Wildman–Crippen LogP) is 3.17. The summed E-state index contributed by atoms with van der Waals surface area (Å²) >= 11 is 17.3. The first kappa shape index (κ1) is 9.77. The van der Waals surface area contributed by atoms with Crippen molar-refractivity contribution >= 4 is 51.5 Å². The summed E-state index contributed by atoms with van der Waals surface area (Å²) in [6.45, 7) is 0. The zero-order chi connectivity index (χ0) is 10.3. The molecule has 14 heavy (non-hydrogen) atoms. The fraction of sp³-hybridized carbons (Fsp3) is 0. The topological polar surface area (TPSA) is 51.8 Å². The van der Waals surface area contributed by atoms with Crippen molar-refractivity contribution in [3.05, 3.63) is 27.5 Å². The standard InChI is InChI=1S/C8H4Cl3N3/c9-4-1-3-6(2-5(4)10)13-8(11)14-7(3)12/h1-2H,(H2,12,13,14). The highest BCUT2D eigenvalue weighted by atomic mass is 35.5. The van der Waals surface area contributed by atoms with Crippen LogP contribution in [0, 0.1) is 0 Å². The highest BCUT2D eigenvalue weighted by Gasteiger charge is 2.07. The van der Waals surface area contributed by atoms with Gasteiger partial charge in [0.1, 0.15) is 5.82 Å². The number of fused-ring (bicyclic) bond motifs is 1. The Bertz CT molecular complexity index is 513. The molecule has 0 amide bonds. The highest BCUT2D eigenvalue weighted by Crippen LogP contribution is 2.29. The number of hydrogen-bond acceptors (Lipinski definition) is 3. The van der Waals surface area contributed by atoms with Gasteiger partial charge in [-0.2, -0.15) is 0 Å². The van der Waals surface area contributed by atoms with Gasteiger partial charge < -0.3 is 5.73 Å². The Hall–Kier alpha value is -0.770. The Balaban J connectivity index is 2.89. The summed E-state index contributed by atoms with van der Waals surface area (Å²) in [5, 5.41) is 1.56. The van der Waals surface area contributed by atoms with Crippen LogP contribution in [0.3, 0.4) is 0 Å². The highest BCUT2D eigenvalue weighted by molar-refractivity contribution is 6.42. The van der Waals surface area contributed by atoms with Crippen LogP contribution in [0.2, 0.25) is 15.3 Å². The van der Waals surface area contributed by atoms with Gasteiger partial charge >= 0.3 is 0 Å². The van der Waals surface area contributed by atoms with E-state index in [1.54, 1.807) is 12.1 Å². The predicted molar refractivity (Wildman–Crippen MR) is 59.0 cm³/mol. The number of anilines is 1. The molecule has 1 heterocycles. The summed E-state index contributed by atoms with van der Waals surface area (Å²) in [6, 6.07) is 3.22. The van der Waals surface area contributed by atoms with E-state index in [1.165, 1.54) is 0 Å². The Morgan fingerprint density at radius 2 is 1.64 bits per heavy atom. The summed E-state index contributed by atoms with van der Waals surface area (Å²) in [6.07, 6.45) is 0. The van der Waals surface area contributed by atoms with Crippen LogP contribution in [0.15, 0.2) is 12.1 Å². The Morgan fingerprint density at radius 1 is 1.00 bits per heavy atom. The minimum absolute atomic E-state index is 0.0911. The van der Waals surface area contributed by atoms with Crippen molar-refractivity contribution in [2.45, 2.75) is 0 Å².